The summed E-state index contributed by atoms with van der Waals surface area (Å²) in [5, 5.41) is 0. The van der Waals surface area contributed by atoms with Crippen molar-refractivity contribution >= 4 is 17.6 Å². The van der Waals surface area contributed by atoms with Crippen LogP contribution in [0.15, 0.2) is 52.9 Å². The number of anilines is 1. The van der Waals surface area contributed by atoms with Crippen LogP contribution in [0.5, 0.6) is 0 Å². The summed E-state index contributed by atoms with van der Waals surface area (Å²) in [4.78, 5) is 30.9. The number of ketones is 1. The van der Waals surface area contributed by atoms with E-state index in [0.717, 1.165) is 17.7 Å². The molecule has 0 radical (unpaired) electrons. The zero-order valence-electron chi connectivity index (χ0n) is 16.0. The van der Waals surface area contributed by atoms with Crippen molar-refractivity contribution in [3.8, 4) is 11.8 Å². The second-order valence-corrected chi connectivity index (χ2v) is 6.90. The van der Waals surface area contributed by atoms with Gasteiger partial charge in [0.05, 0.1) is 0 Å². The van der Waals surface area contributed by atoms with Crippen LogP contribution in [0.1, 0.15) is 27.5 Å². The molecule has 4 rings (SSSR count). The van der Waals surface area contributed by atoms with Gasteiger partial charge in [-0.15, -0.1) is 0 Å². The first-order valence-corrected chi connectivity index (χ1v) is 9.23. The molecule has 0 saturated heterocycles. The monoisotopic (exact) mass is 406 g/mol. The van der Waals surface area contributed by atoms with Crippen LogP contribution in [-0.2, 0) is 17.6 Å². The second kappa shape index (κ2) is 7.91. The molecule has 1 aromatic heterocycles. The molecule has 30 heavy (non-hydrogen) atoms. The minimum atomic E-state index is -1.09. The number of Topliss-reactive ketones (excluding diaryl/α,β-unsaturated/α-hetero) is 1. The van der Waals surface area contributed by atoms with Crippen LogP contribution in [0.25, 0.3) is 0 Å². The Morgan fingerprint density at radius 2 is 1.83 bits per heavy atom. The van der Waals surface area contributed by atoms with Crippen LogP contribution in [0.3, 0.4) is 0 Å². The summed E-state index contributed by atoms with van der Waals surface area (Å²) < 4.78 is 32.2. The maximum absolute atomic E-state index is 13.5. The summed E-state index contributed by atoms with van der Waals surface area (Å²) in [6.45, 7) is 0. The first-order chi connectivity index (χ1) is 14.4. The molecule has 1 aliphatic rings. The van der Waals surface area contributed by atoms with Gasteiger partial charge in [0, 0.05) is 13.5 Å². The third kappa shape index (κ3) is 3.72. The Balaban J connectivity index is 1.57. The van der Waals surface area contributed by atoms with Crippen LogP contribution in [0.4, 0.5) is 14.7 Å². The van der Waals surface area contributed by atoms with Gasteiger partial charge < -0.3 is 4.42 Å². The third-order valence-electron chi connectivity index (χ3n) is 4.85. The first-order valence-electron chi connectivity index (χ1n) is 9.23. The number of benzene rings is 2. The van der Waals surface area contributed by atoms with Crippen LogP contribution < -0.4 is 4.90 Å². The van der Waals surface area contributed by atoms with Gasteiger partial charge in [-0.05, 0) is 35.6 Å². The maximum Gasteiger partial charge on any atom is 0.275 e. The van der Waals surface area contributed by atoms with E-state index in [1.54, 1.807) is 0 Å². The van der Waals surface area contributed by atoms with E-state index in [1.807, 2.05) is 30.3 Å². The number of amides is 1. The lowest BCUT2D eigenvalue weighted by molar-refractivity contribution is -0.121. The van der Waals surface area contributed by atoms with Crippen molar-refractivity contribution in [2.24, 2.45) is 5.92 Å². The molecule has 5 nitrogen and oxygen atoms in total. The van der Waals surface area contributed by atoms with Crippen molar-refractivity contribution in [1.82, 2.24) is 4.98 Å². The largest absolute Gasteiger partial charge is 0.412 e. The average Bonchev–Trinajstić information content (AvgIpc) is 3.17. The molecule has 0 spiro atoms. The standard InChI is InChI=1S/C23H16F2N2O3/c1-27-22(29)16(12-15-10-11-17(24)18(25)13-15)21(28)20-23(27)30-19(26-20)9-5-8-14-6-3-2-4-7-14/h2-4,6-7,10-11,13,16H,8,12H2,1H3. The SMILES string of the molecule is CN1C(=O)C(Cc2ccc(F)c(F)c2)C(=O)c2nc(C#CCc3ccccc3)oc21. The highest BCUT2D eigenvalue weighted by atomic mass is 19.2. The average molecular weight is 406 g/mol. The lowest BCUT2D eigenvalue weighted by Gasteiger charge is -2.25. The van der Waals surface area contributed by atoms with Crippen LogP contribution >= 0.6 is 0 Å². The van der Waals surface area contributed by atoms with Gasteiger partial charge in [0.25, 0.3) is 5.89 Å². The molecular formula is C23H16F2N2O3. The van der Waals surface area contributed by atoms with Gasteiger partial charge in [0.2, 0.25) is 11.8 Å². The fraction of sp³-hybridized carbons (Fsp3) is 0.174. The molecular weight excluding hydrogens is 390 g/mol. The normalized spacial score (nSPS) is 15.6. The zero-order chi connectivity index (χ0) is 21.3. The molecule has 2 heterocycles. The fourth-order valence-electron chi connectivity index (χ4n) is 3.26. The predicted molar refractivity (Wildman–Crippen MR) is 105 cm³/mol. The van der Waals surface area contributed by atoms with E-state index >= 15 is 0 Å². The number of nitrogens with zero attached hydrogens (tertiary/aromatic N) is 2. The van der Waals surface area contributed by atoms with Crippen molar-refractivity contribution in [1.29, 1.82) is 0 Å². The van der Waals surface area contributed by atoms with Crippen molar-refractivity contribution in [3.63, 3.8) is 0 Å². The molecule has 0 aliphatic carbocycles. The molecule has 1 aliphatic heterocycles. The smallest absolute Gasteiger partial charge is 0.275 e. The molecule has 7 heteroatoms. The van der Waals surface area contributed by atoms with Gasteiger partial charge in [-0.3, -0.25) is 14.5 Å². The molecule has 1 unspecified atom stereocenters. The number of rotatable bonds is 3. The van der Waals surface area contributed by atoms with Crippen LogP contribution in [0, 0.1) is 29.4 Å². The third-order valence-corrected chi connectivity index (χ3v) is 4.85. The van der Waals surface area contributed by atoms with Crippen LogP contribution in [0.2, 0.25) is 0 Å². The molecule has 1 amide bonds. The highest BCUT2D eigenvalue weighted by Crippen LogP contribution is 2.32. The lowest BCUT2D eigenvalue weighted by Crippen LogP contribution is -2.43. The van der Waals surface area contributed by atoms with Gasteiger partial charge in [-0.25, -0.2) is 8.78 Å². The van der Waals surface area contributed by atoms with Crippen molar-refractivity contribution in [2.75, 3.05) is 11.9 Å². The summed E-state index contributed by atoms with van der Waals surface area (Å²) in [6.07, 6.45) is 0.413. The van der Waals surface area contributed by atoms with E-state index in [2.05, 4.69) is 16.8 Å². The van der Waals surface area contributed by atoms with Gasteiger partial charge in [-0.1, -0.05) is 42.3 Å². The van der Waals surface area contributed by atoms with Crippen molar-refractivity contribution in [3.05, 3.63) is 82.9 Å². The van der Waals surface area contributed by atoms with Gasteiger partial charge in [0.15, 0.2) is 23.1 Å². The number of hydrogen-bond acceptors (Lipinski definition) is 4. The Kier molecular flexibility index (Phi) is 5.15. The molecule has 0 fully saturated rings. The lowest BCUT2D eigenvalue weighted by atomic mass is 9.90. The minimum Gasteiger partial charge on any atom is -0.412 e. The van der Waals surface area contributed by atoms with Crippen molar-refractivity contribution in [2.45, 2.75) is 12.8 Å². The number of aromatic nitrogens is 1. The van der Waals surface area contributed by atoms with Gasteiger partial charge >= 0.3 is 0 Å². The quantitative estimate of drug-likeness (QED) is 0.493. The van der Waals surface area contributed by atoms with Crippen LogP contribution in [-0.4, -0.2) is 23.7 Å². The second-order valence-electron chi connectivity index (χ2n) is 6.90. The molecule has 2 aromatic carbocycles. The predicted octanol–water partition coefficient (Wildman–Crippen LogP) is 3.57. The van der Waals surface area contributed by atoms with E-state index in [0.29, 0.717) is 12.0 Å². The Morgan fingerprint density at radius 1 is 1.07 bits per heavy atom. The fourth-order valence-corrected chi connectivity index (χ4v) is 3.26. The number of carbonyl (C=O) groups is 2. The number of carbonyl (C=O) groups excluding carboxylic acids is 2. The maximum atomic E-state index is 13.5. The topological polar surface area (TPSA) is 63.4 Å². The summed E-state index contributed by atoms with van der Waals surface area (Å²) in [5.74, 6) is 1.63. The summed E-state index contributed by atoms with van der Waals surface area (Å²) >= 11 is 0. The van der Waals surface area contributed by atoms with E-state index in [4.69, 9.17) is 4.42 Å². The zero-order valence-corrected chi connectivity index (χ0v) is 16.0. The Bertz CT molecular complexity index is 1190. The first kappa shape index (κ1) is 19.5. The molecule has 3 aromatic rings. The number of hydrogen-bond donors (Lipinski definition) is 0. The number of fused-ring (bicyclic) bond motifs is 1. The highest BCUT2D eigenvalue weighted by molar-refractivity contribution is 6.19. The number of oxazole rings is 1. The molecule has 150 valence electrons. The Morgan fingerprint density at radius 3 is 2.57 bits per heavy atom. The van der Waals surface area contributed by atoms with E-state index in [-0.39, 0.29) is 23.9 Å². The van der Waals surface area contributed by atoms with E-state index in [1.165, 1.54) is 18.0 Å². The van der Waals surface area contributed by atoms with E-state index in [9.17, 15) is 18.4 Å². The number of halogens is 2. The summed E-state index contributed by atoms with van der Waals surface area (Å²) in [5.41, 5.74) is 1.37. The van der Waals surface area contributed by atoms with Gasteiger partial charge in [0.1, 0.15) is 5.92 Å². The molecule has 0 bridgehead atoms. The molecule has 0 saturated carbocycles. The van der Waals surface area contributed by atoms with Gasteiger partial charge in [-0.2, -0.15) is 4.98 Å². The summed E-state index contributed by atoms with van der Waals surface area (Å²) in [6, 6.07) is 12.9. The molecule has 0 N–H and O–H groups in total. The Labute approximate surface area is 171 Å². The summed E-state index contributed by atoms with van der Waals surface area (Å²) in [7, 11) is 1.47. The highest BCUT2D eigenvalue weighted by Gasteiger charge is 2.41. The van der Waals surface area contributed by atoms with Crippen molar-refractivity contribution < 1.29 is 22.8 Å². The molecule has 1 atom stereocenters. The van der Waals surface area contributed by atoms with E-state index < -0.39 is 29.2 Å². The Hall–Kier alpha value is -3.79. The minimum absolute atomic E-state index is 0.00805.